The predicted molar refractivity (Wildman–Crippen MR) is 102 cm³/mol. The van der Waals surface area contributed by atoms with E-state index in [1.165, 1.54) is 77.0 Å². The molecule has 0 saturated carbocycles. The van der Waals surface area contributed by atoms with Gasteiger partial charge in [-0.05, 0) is 6.42 Å². The second kappa shape index (κ2) is 15.6. The summed E-state index contributed by atoms with van der Waals surface area (Å²) in [6, 6.07) is 0. The molecule has 1 rings (SSSR count). The Kier molecular flexibility index (Phi) is 14.0. The predicted octanol–water partition coefficient (Wildman–Crippen LogP) is 5.42. The van der Waals surface area contributed by atoms with E-state index in [0.29, 0.717) is 13.2 Å². The molecule has 2 atom stereocenters. The van der Waals surface area contributed by atoms with E-state index >= 15 is 0 Å². The summed E-state index contributed by atoms with van der Waals surface area (Å²) >= 11 is 0. The van der Waals surface area contributed by atoms with Gasteiger partial charge >= 0.3 is 5.97 Å². The summed E-state index contributed by atoms with van der Waals surface area (Å²) in [6.07, 6.45) is 18.5. The molecule has 0 N–H and O–H groups in total. The number of hydrogen-bond acceptors (Lipinski definition) is 4. The summed E-state index contributed by atoms with van der Waals surface area (Å²) in [6.45, 7) is 3.04. The van der Waals surface area contributed by atoms with E-state index in [4.69, 9.17) is 14.2 Å². The Balaban J connectivity index is 1.76. The Hall–Kier alpha value is -0.610. The van der Waals surface area contributed by atoms with Crippen LogP contribution in [0.5, 0.6) is 0 Å². The number of epoxide rings is 1. The van der Waals surface area contributed by atoms with E-state index in [-0.39, 0.29) is 18.2 Å². The lowest BCUT2D eigenvalue weighted by Crippen LogP contribution is -2.16. The lowest BCUT2D eigenvalue weighted by Gasteiger charge is -2.03. The van der Waals surface area contributed by atoms with Crippen molar-refractivity contribution in [1.82, 2.24) is 0 Å². The van der Waals surface area contributed by atoms with Crippen molar-refractivity contribution >= 4 is 5.97 Å². The summed E-state index contributed by atoms with van der Waals surface area (Å²) in [7, 11) is 1.60. The normalized spacial score (nSPS) is 19.1. The zero-order valence-corrected chi connectivity index (χ0v) is 16.6. The van der Waals surface area contributed by atoms with Crippen LogP contribution in [0.4, 0.5) is 0 Å². The van der Waals surface area contributed by atoms with Gasteiger partial charge in [-0.1, -0.05) is 90.4 Å². The zero-order chi connectivity index (χ0) is 18.2. The highest BCUT2D eigenvalue weighted by molar-refractivity contribution is 5.77. The molecule has 0 aromatic rings. The van der Waals surface area contributed by atoms with Gasteiger partial charge in [0.1, 0.15) is 6.61 Å². The van der Waals surface area contributed by atoms with Crippen LogP contribution in [-0.2, 0) is 19.0 Å². The number of rotatable bonds is 18. The topological polar surface area (TPSA) is 48.1 Å². The van der Waals surface area contributed by atoms with Gasteiger partial charge in [0.15, 0.2) is 6.10 Å². The Labute approximate surface area is 155 Å². The number of methoxy groups -OCH3 is 1. The first-order chi connectivity index (χ1) is 12.3. The number of esters is 1. The molecular formula is C21H40O4. The quantitative estimate of drug-likeness (QED) is 0.187. The van der Waals surface area contributed by atoms with Crippen LogP contribution >= 0.6 is 0 Å². The lowest BCUT2D eigenvalue weighted by molar-refractivity contribution is -0.146. The summed E-state index contributed by atoms with van der Waals surface area (Å²) in [5.74, 6) is -0.225. The van der Waals surface area contributed by atoms with Gasteiger partial charge in [0.2, 0.25) is 0 Å². The van der Waals surface area contributed by atoms with Gasteiger partial charge in [-0.3, -0.25) is 0 Å². The van der Waals surface area contributed by atoms with E-state index in [1.54, 1.807) is 7.11 Å². The smallest absolute Gasteiger partial charge is 0.338 e. The standard InChI is InChI=1S/C21H40O4/c1-3-4-5-6-7-8-9-10-11-12-13-14-15-16-19-20(25-19)21(22)24-18-17-23-2/h19-20H,3-18H2,1-2H3. The second-order valence-corrected chi connectivity index (χ2v) is 7.29. The summed E-state index contributed by atoms with van der Waals surface area (Å²) in [5, 5.41) is 0. The molecule has 2 unspecified atom stereocenters. The van der Waals surface area contributed by atoms with E-state index in [1.807, 2.05) is 0 Å². The molecule has 0 bridgehead atoms. The number of ether oxygens (including phenoxy) is 3. The van der Waals surface area contributed by atoms with Crippen molar-refractivity contribution in [3.63, 3.8) is 0 Å². The molecule has 25 heavy (non-hydrogen) atoms. The zero-order valence-electron chi connectivity index (χ0n) is 16.6. The van der Waals surface area contributed by atoms with Crippen LogP contribution in [0.3, 0.4) is 0 Å². The average molecular weight is 357 g/mol. The fourth-order valence-electron chi connectivity index (χ4n) is 3.24. The Bertz CT molecular complexity index is 319. The molecule has 0 aliphatic carbocycles. The van der Waals surface area contributed by atoms with Crippen LogP contribution in [-0.4, -0.2) is 38.5 Å². The van der Waals surface area contributed by atoms with Crippen molar-refractivity contribution in [2.24, 2.45) is 0 Å². The van der Waals surface area contributed by atoms with Crippen molar-refractivity contribution in [1.29, 1.82) is 0 Å². The second-order valence-electron chi connectivity index (χ2n) is 7.29. The summed E-state index contributed by atoms with van der Waals surface area (Å²) in [5.41, 5.74) is 0. The van der Waals surface area contributed by atoms with Crippen LogP contribution in [0, 0.1) is 0 Å². The molecule has 148 valence electrons. The maximum atomic E-state index is 11.6. The largest absolute Gasteiger partial charge is 0.461 e. The molecule has 4 nitrogen and oxygen atoms in total. The van der Waals surface area contributed by atoms with Crippen LogP contribution in [0.2, 0.25) is 0 Å². The highest BCUT2D eigenvalue weighted by Gasteiger charge is 2.45. The number of hydrogen-bond donors (Lipinski definition) is 0. The van der Waals surface area contributed by atoms with Gasteiger partial charge in [0.25, 0.3) is 0 Å². The minimum absolute atomic E-state index is 0.0998. The van der Waals surface area contributed by atoms with Crippen molar-refractivity contribution in [3.8, 4) is 0 Å². The van der Waals surface area contributed by atoms with Gasteiger partial charge in [-0.25, -0.2) is 4.79 Å². The molecule has 1 saturated heterocycles. The molecule has 0 aromatic heterocycles. The van der Waals surface area contributed by atoms with Crippen LogP contribution < -0.4 is 0 Å². The first-order valence-corrected chi connectivity index (χ1v) is 10.6. The van der Waals surface area contributed by atoms with Gasteiger partial charge in [-0.15, -0.1) is 0 Å². The van der Waals surface area contributed by atoms with E-state index in [2.05, 4.69) is 6.92 Å². The van der Waals surface area contributed by atoms with Gasteiger partial charge in [0, 0.05) is 7.11 Å². The maximum absolute atomic E-state index is 11.6. The molecule has 0 spiro atoms. The average Bonchev–Trinajstić information content (AvgIpc) is 3.39. The van der Waals surface area contributed by atoms with Gasteiger partial charge in [0.05, 0.1) is 12.7 Å². The molecule has 1 heterocycles. The maximum Gasteiger partial charge on any atom is 0.338 e. The minimum atomic E-state index is -0.311. The highest BCUT2D eigenvalue weighted by Crippen LogP contribution is 2.28. The summed E-state index contributed by atoms with van der Waals surface area (Å²) < 4.78 is 15.3. The van der Waals surface area contributed by atoms with Gasteiger partial charge < -0.3 is 14.2 Å². The van der Waals surface area contributed by atoms with Crippen LogP contribution in [0.25, 0.3) is 0 Å². The monoisotopic (exact) mass is 356 g/mol. The minimum Gasteiger partial charge on any atom is -0.461 e. The molecule has 4 heteroatoms. The van der Waals surface area contributed by atoms with Crippen molar-refractivity contribution in [3.05, 3.63) is 0 Å². The third-order valence-electron chi connectivity index (χ3n) is 4.94. The molecule has 0 amide bonds. The molecule has 1 fully saturated rings. The van der Waals surface area contributed by atoms with Crippen molar-refractivity contribution < 1.29 is 19.0 Å². The Morgan fingerprint density at radius 2 is 1.32 bits per heavy atom. The number of unbranched alkanes of at least 4 members (excludes halogenated alkanes) is 12. The fourth-order valence-corrected chi connectivity index (χ4v) is 3.24. The Morgan fingerprint density at radius 3 is 1.84 bits per heavy atom. The fraction of sp³-hybridized carbons (Fsp3) is 0.952. The third-order valence-corrected chi connectivity index (χ3v) is 4.94. The lowest BCUT2D eigenvalue weighted by atomic mass is 10.0. The van der Waals surface area contributed by atoms with Crippen LogP contribution in [0.1, 0.15) is 96.8 Å². The third kappa shape index (κ3) is 12.4. The first kappa shape index (κ1) is 22.4. The highest BCUT2D eigenvalue weighted by atomic mass is 16.6. The first-order valence-electron chi connectivity index (χ1n) is 10.6. The van der Waals surface area contributed by atoms with E-state index in [9.17, 15) is 4.79 Å². The van der Waals surface area contributed by atoms with Crippen molar-refractivity contribution in [2.45, 2.75) is 109 Å². The molecular weight excluding hydrogens is 316 g/mol. The van der Waals surface area contributed by atoms with E-state index < -0.39 is 0 Å². The molecule has 0 aromatic carbocycles. The molecule has 1 aliphatic heterocycles. The van der Waals surface area contributed by atoms with Crippen LogP contribution in [0.15, 0.2) is 0 Å². The molecule has 1 aliphatic rings. The molecule has 0 radical (unpaired) electrons. The number of carbonyl (C=O) groups is 1. The summed E-state index contributed by atoms with van der Waals surface area (Å²) in [4.78, 5) is 11.6. The Morgan fingerprint density at radius 1 is 0.800 bits per heavy atom. The SMILES string of the molecule is CCCCCCCCCCCCCCCC1OC1C(=O)OCCOC. The van der Waals surface area contributed by atoms with Gasteiger partial charge in [-0.2, -0.15) is 0 Å². The number of carbonyl (C=O) groups excluding carboxylic acids is 1. The van der Waals surface area contributed by atoms with E-state index in [0.717, 1.165) is 12.8 Å². The van der Waals surface area contributed by atoms with Crippen molar-refractivity contribution in [2.75, 3.05) is 20.3 Å².